The normalized spacial score (nSPS) is 12.0. The number of carbonyl (C=O) groups excluding carboxylic acids is 1. The summed E-state index contributed by atoms with van der Waals surface area (Å²) in [4.78, 5) is 22.1. The number of aromatic nitrogens is 2. The van der Waals surface area contributed by atoms with Gasteiger partial charge in [-0.25, -0.2) is 9.37 Å². The summed E-state index contributed by atoms with van der Waals surface area (Å²) in [5.74, 6) is -0.385. The molecule has 1 atom stereocenters. The number of thiazole rings is 1. The van der Waals surface area contributed by atoms with Crippen LogP contribution in [0.2, 0.25) is 0 Å². The Hall–Kier alpha value is -2.60. The number of hydrogen-bond donors (Lipinski definition) is 1. The Morgan fingerprint density at radius 2 is 2.00 bits per heavy atom. The van der Waals surface area contributed by atoms with Gasteiger partial charge in [0.15, 0.2) is 0 Å². The van der Waals surface area contributed by atoms with E-state index < -0.39 is 0 Å². The Morgan fingerprint density at radius 1 is 1.24 bits per heavy atom. The van der Waals surface area contributed by atoms with Crippen molar-refractivity contribution >= 4 is 17.2 Å². The number of pyridine rings is 1. The van der Waals surface area contributed by atoms with Crippen molar-refractivity contribution in [2.45, 2.75) is 26.3 Å². The molecule has 128 valence electrons. The number of nitrogens with zero attached hydrogens (tertiary/aromatic N) is 2. The van der Waals surface area contributed by atoms with Gasteiger partial charge in [0.2, 0.25) is 5.91 Å². The van der Waals surface area contributed by atoms with Crippen molar-refractivity contribution in [3.8, 4) is 11.3 Å². The Bertz CT molecular complexity index is 862. The van der Waals surface area contributed by atoms with Crippen LogP contribution in [0.1, 0.15) is 28.5 Å². The van der Waals surface area contributed by atoms with Crippen LogP contribution >= 0.6 is 11.3 Å². The van der Waals surface area contributed by atoms with Gasteiger partial charge in [0.05, 0.1) is 28.9 Å². The minimum atomic E-state index is -0.292. The van der Waals surface area contributed by atoms with Gasteiger partial charge in [-0.3, -0.25) is 9.78 Å². The van der Waals surface area contributed by atoms with Crippen molar-refractivity contribution in [2.24, 2.45) is 0 Å². The number of benzene rings is 1. The zero-order valence-electron chi connectivity index (χ0n) is 14.0. The number of rotatable bonds is 5. The highest BCUT2D eigenvalue weighted by atomic mass is 32.1. The molecule has 0 bridgehead atoms. The van der Waals surface area contributed by atoms with Crippen LogP contribution in [0.15, 0.2) is 48.7 Å². The molecule has 1 amide bonds. The van der Waals surface area contributed by atoms with Gasteiger partial charge in [-0.1, -0.05) is 6.07 Å². The molecule has 0 spiro atoms. The second-order valence-corrected chi connectivity index (χ2v) is 7.02. The third-order valence-corrected chi connectivity index (χ3v) is 4.72. The summed E-state index contributed by atoms with van der Waals surface area (Å²) in [6.07, 6.45) is 1.94. The van der Waals surface area contributed by atoms with E-state index in [1.807, 2.05) is 32.0 Å². The highest BCUT2D eigenvalue weighted by molar-refractivity contribution is 7.12. The third-order valence-electron chi connectivity index (χ3n) is 3.75. The van der Waals surface area contributed by atoms with Crippen molar-refractivity contribution in [3.05, 3.63) is 70.1 Å². The number of halogens is 1. The Kier molecular flexibility index (Phi) is 5.19. The number of nitrogens with one attached hydrogen (secondary N) is 1. The molecule has 25 heavy (non-hydrogen) atoms. The van der Waals surface area contributed by atoms with Crippen molar-refractivity contribution in [2.75, 3.05) is 0 Å². The van der Waals surface area contributed by atoms with Gasteiger partial charge in [-0.2, -0.15) is 0 Å². The molecular formula is C19H18FN3OS. The molecule has 0 aliphatic rings. The van der Waals surface area contributed by atoms with E-state index in [1.54, 1.807) is 18.3 Å². The van der Waals surface area contributed by atoms with Gasteiger partial charge in [0.1, 0.15) is 5.82 Å². The minimum Gasteiger partial charge on any atom is -0.348 e. The summed E-state index contributed by atoms with van der Waals surface area (Å²) in [6, 6.07) is 11.6. The molecule has 0 radical (unpaired) electrons. The van der Waals surface area contributed by atoms with Crippen molar-refractivity contribution in [1.82, 2.24) is 15.3 Å². The van der Waals surface area contributed by atoms with E-state index in [4.69, 9.17) is 0 Å². The largest absolute Gasteiger partial charge is 0.348 e. The first-order valence-corrected chi connectivity index (χ1v) is 8.77. The van der Waals surface area contributed by atoms with Gasteiger partial charge in [0.25, 0.3) is 0 Å². The first kappa shape index (κ1) is 17.2. The standard InChI is InChI=1S/C19H18FN3OS/c1-12(16-5-3-4-10-21-16)22-18(24)11-17-19(23-13(2)25-17)14-6-8-15(20)9-7-14/h3-10,12H,11H2,1-2H3,(H,22,24)/t12-/m0/s1. The van der Waals surface area contributed by atoms with E-state index in [9.17, 15) is 9.18 Å². The minimum absolute atomic E-state index is 0.0924. The summed E-state index contributed by atoms with van der Waals surface area (Å²) in [7, 11) is 0. The predicted molar refractivity (Wildman–Crippen MR) is 96.7 cm³/mol. The van der Waals surface area contributed by atoms with E-state index in [0.717, 1.165) is 26.8 Å². The van der Waals surface area contributed by atoms with E-state index in [2.05, 4.69) is 15.3 Å². The second kappa shape index (κ2) is 7.53. The molecule has 1 aromatic carbocycles. The SMILES string of the molecule is Cc1nc(-c2ccc(F)cc2)c(CC(=O)N[C@@H](C)c2ccccn2)s1. The lowest BCUT2D eigenvalue weighted by atomic mass is 10.1. The predicted octanol–water partition coefficient (Wildman–Crippen LogP) is 4.07. The third kappa shape index (κ3) is 4.28. The van der Waals surface area contributed by atoms with Gasteiger partial charge >= 0.3 is 0 Å². The van der Waals surface area contributed by atoms with Crippen molar-refractivity contribution < 1.29 is 9.18 Å². The Morgan fingerprint density at radius 3 is 2.68 bits per heavy atom. The summed E-state index contributed by atoms with van der Waals surface area (Å²) in [5, 5.41) is 3.83. The average molecular weight is 355 g/mol. The lowest BCUT2D eigenvalue weighted by Crippen LogP contribution is -2.28. The number of amides is 1. The van der Waals surface area contributed by atoms with Crippen LogP contribution in [0, 0.1) is 12.7 Å². The smallest absolute Gasteiger partial charge is 0.225 e. The summed E-state index contributed by atoms with van der Waals surface area (Å²) in [6.45, 7) is 3.80. The molecular weight excluding hydrogens is 337 g/mol. The first-order chi connectivity index (χ1) is 12.0. The van der Waals surface area contributed by atoms with E-state index in [1.165, 1.54) is 23.5 Å². The van der Waals surface area contributed by atoms with Crippen LogP contribution in [0.3, 0.4) is 0 Å². The van der Waals surface area contributed by atoms with Gasteiger partial charge in [-0.15, -0.1) is 11.3 Å². The average Bonchev–Trinajstić information content (AvgIpc) is 2.96. The lowest BCUT2D eigenvalue weighted by Gasteiger charge is -2.13. The van der Waals surface area contributed by atoms with Gasteiger partial charge < -0.3 is 5.32 Å². The molecule has 2 aromatic heterocycles. The molecule has 3 aromatic rings. The maximum absolute atomic E-state index is 13.1. The molecule has 4 nitrogen and oxygen atoms in total. The van der Waals surface area contributed by atoms with Gasteiger partial charge in [0, 0.05) is 16.6 Å². The van der Waals surface area contributed by atoms with Crippen LogP contribution in [0.4, 0.5) is 4.39 Å². The Labute approximate surface area is 149 Å². The van der Waals surface area contributed by atoms with E-state index >= 15 is 0 Å². The Balaban J connectivity index is 1.74. The summed E-state index contributed by atoms with van der Waals surface area (Å²) < 4.78 is 13.1. The molecule has 3 rings (SSSR count). The summed E-state index contributed by atoms with van der Waals surface area (Å²) >= 11 is 1.48. The maximum atomic E-state index is 13.1. The van der Waals surface area contributed by atoms with Crippen LogP contribution in [0.5, 0.6) is 0 Å². The van der Waals surface area contributed by atoms with Crippen LogP contribution in [0.25, 0.3) is 11.3 Å². The topological polar surface area (TPSA) is 54.9 Å². The molecule has 0 aliphatic heterocycles. The lowest BCUT2D eigenvalue weighted by molar-refractivity contribution is -0.121. The number of hydrogen-bond acceptors (Lipinski definition) is 4. The fourth-order valence-electron chi connectivity index (χ4n) is 2.57. The molecule has 2 heterocycles. The maximum Gasteiger partial charge on any atom is 0.225 e. The molecule has 0 saturated heterocycles. The highest BCUT2D eigenvalue weighted by Crippen LogP contribution is 2.28. The molecule has 0 fully saturated rings. The van der Waals surface area contributed by atoms with E-state index in [0.29, 0.717) is 0 Å². The summed E-state index contributed by atoms with van der Waals surface area (Å²) in [5.41, 5.74) is 2.37. The fraction of sp³-hybridized carbons (Fsp3) is 0.211. The number of carbonyl (C=O) groups is 1. The van der Waals surface area contributed by atoms with Gasteiger partial charge in [-0.05, 0) is 50.2 Å². The zero-order chi connectivity index (χ0) is 17.8. The monoisotopic (exact) mass is 355 g/mol. The highest BCUT2D eigenvalue weighted by Gasteiger charge is 2.17. The molecule has 1 N–H and O–H groups in total. The van der Waals surface area contributed by atoms with Crippen molar-refractivity contribution in [3.63, 3.8) is 0 Å². The second-order valence-electron chi connectivity index (χ2n) is 5.73. The van der Waals surface area contributed by atoms with Crippen LogP contribution in [-0.4, -0.2) is 15.9 Å². The molecule has 0 unspecified atom stereocenters. The zero-order valence-corrected chi connectivity index (χ0v) is 14.8. The van der Waals surface area contributed by atoms with E-state index in [-0.39, 0.29) is 24.2 Å². The molecule has 0 aliphatic carbocycles. The molecule has 6 heteroatoms. The van der Waals surface area contributed by atoms with Crippen molar-refractivity contribution in [1.29, 1.82) is 0 Å². The molecule has 0 saturated carbocycles. The van der Waals surface area contributed by atoms with Crippen LogP contribution in [-0.2, 0) is 11.2 Å². The quantitative estimate of drug-likeness (QED) is 0.750. The first-order valence-electron chi connectivity index (χ1n) is 7.95. The fourth-order valence-corrected chi connectivity index (χ4v) is 3.52. The van der Waals surface area contributed by atoms with Crippen LogP contribution < -0.4 is 5.32 Å². The number of aryl methyl sites for hydroxylation is 1.